The molecule has 0 aromatic carbocycles. The Balaban J connectivity index is 0.00000220. The minimum atomic E-state index is -0.803. The molecule has 0 saturated carbocycles. The van der Waals surface area contributed by atoms with Crippen LogP contribution in [0.5, 0.6) is 0 Å². The van der Waals surface area contributed by atoms with Gasteiger partial charge in [0.1, 0.15) is 0 Å². The molecule has 2 nitrogen and oxygen atoms in total. The maximum absolute atomic E-state index is 8.92. The van der Waals surface area contributed by atoms with Gasteiger partial charge in [-0.2, -0.15) is 0 Å². The summed E-state index contributed by atoms with van der Waals surface area (Å²) in [7, 11) is 0. The number of halogens is 2. The van der Waals surface area contributed by atoms with E-state index in [1.807, 2.05) is 0 Å². The van der Waals surface area contributed by atoms with E-state index in [2.05, 4.69) is 46.8 Å². The number of hydrogen-bond donors (Lipinski definition) is 1. The molecule has 22 heavy (non-hydrogen) atoms. The Morgan fingerprint density at radius 1 is 1.18 bits per heavy atom. The van der Waals surface area contributed by atoms with Gasteiger partial charge >= 0.3 is 134 Å². The fraction of sp³-hybridized carbons (Fsp3) is 0.529. The Hall–Kier alpha value is 0.183. The first kappa shape index (κ1) is 22.2. The van der Waals surface area contributed by atoms with Gasteiger partial charge in [0.15, 0.2) is 0 Å². The fourth-order valence-electron chi connectivity index (χ4n) is 2.88. The van der Waals surface area contributed by atoms with Crippen LogP contribution in [0.4, 0.5) is 0 Å². The van der Waals surface area contributed by atoms with Crippen molar-refractivity contribution in [3.05, 3.63) is 41.2 Å². The second-order valence-corrected chi connectivity index (χ2v) is 9.35. The van der Waals surface area contributed by atoms with Crippen LogP contribution in [-0.4, -0.2) is 18.3 Å². The molecule has 0 atom stereocenters. The van der Waals surface area contributed by atoms with Crippen LogP contribution >= 0.6 is 0 Å². The van der Waals surface area contributed by atoms with Crippen LogP contribution in [0.3, 0.4) is 0 Å². The first-order chi connectivity index (χ1) is 9.39. The molecule has 0 aromatic heterocycles. The molecule has 0 radical (unpaired) electrons. The van der Waals surface area contributed by atoms with Gasteiger partial charge in [-0.05, 0) is 0 Å². The average Bonchev–Trinajstić information content (AvgIpc) is 2.91. The van der Waals surface area contributed by atoms with Crippen LogP contribution < -0.4 is 24.8 Å². The topological polar surface area (TPSA) is 29.5 Å². The van der Waals surface area contributed by atoms with Gasteiger partial charge in [0.25, 0.3) is 0 Å². The number of ether oxygens (including phenoxy) is 1. The second kappa shape index (κ2) is 8.87. The SMILES string of the molecule is CC1=C(C)C(C)(C)[C]([Zr+2][C]2=C(OCCO)C=CC2)=C1C.[Cl-].[Cl-]. The van der Waals surface area contributed by atoms with Crippen molar-refractivity contribution >= 4 is 0 Å². The Kier molecular flexibility index (Phi) is 8.95. The molecule has 0 saturated heterocycles. The molecular weight excluding hydrogens is 398 g/mol. The Bertz CT molecular complexity index is 543. The number of rotatable bonds is 5. The second-order valence-electron chi connectivity index (χ2n) is 6.02. The molecule has 2 aliphatic rings. The van der Waals surface area contributed by atoms with Gasteiger partial charge in [-0.25, -0.2) is 0 Å². The molecule has 5 heteroatoms. The van der Waals surface area contributed by atoms with Crippen molar-refractivity contribution in [3.63, 3.8) is 0 Å². The molecule has 0 aromatic rings. The third kappa shape index (κ3) is 4.17. The normalized spacial score (nSPS) is 19.2. The first-order valence-electron chi connectivity index (χ1n) is 7.19. The van der Waals surface area contributed by atoms with Gasteiger partial charge in [0.2, 0.25) is 0 Å². The van der Waals surface area contributed by atoms with Crippen LogP contribution in [0.2, 0.25) is 0 Å². The summed E-state index contributed by atoms with van der Waals surface area (Å²) in [5, 5.41) is 8.92. The van der Waals surface area contributed by atoms with Crippen molar-refractivity contribution in [2.24, 2.45) is 5.41 Å². The zero-order chi connectivity index (χ0) is 14.9. The number of aliphatic hydroxyl groups excluding tert-OH is 1. The number of hydrogen-bond acceptors (Lipinski definition) is 2. The first-order valence-corrected chi connectivity index (χ1v) is 9.65. The van der Waals surface area contributed by atoms with Crippen molar-refractivity contribution < 1.29 is 57.9 Å². The van der Waals surface area contributed by atoms with Crippen molar-refractivity contribution in [1.29, 1.82) is 0 Å². The molecule has 2 aliphatic carbocycles. The van der Waals surface area contributed by atoms with Gasteiger partial charge < -0.3 is 24.8 Å². The van der Waals surface area contributed by atoms with E-state index in [1.54, 1.807) is 3.28 Å². The van der Waals surface area contributed by atoms with E-state index in [1.165, 1.54) is 20.0 Å². The van der Waals surface area contributed by atoms with Gasteiger partial charge in [-0.1, -0.05) is 0 Å². The molecule has 0 unspecified atom stereocenters. The summed E-state index contributed by atoms with van der Waals surface area (Å²) < 4.78 is 8.87. The van der Waals surface area contributed by atoms with E-state index in [-0.39, 0.29) is 36.8 Å². The molecule has 0 heterocycles. The van der Waals surface area contributed by atoms with Crippen LogP contribution in [0.25, 0.3) is 0 Å². The van der Waals surface area contributed by atoms with E-state index < -0.39 is 23.2 Å². The summed E-state index contributed by atoms with van der Waals surface area (Å²) in [5.74, 6) is 1.03. The zero-order valence-corrected chi connectivity index (χ0v) is 17.9. The molecule has 0 spiro atoms. The standard InChI is InChI=1S/C10H15.C7H9O2.2ClH.Zr/c1-7-6-10(4,5)9(3)8(7)2;8-5-6-9-7-3-1-2-4-7;;;/h1-5H3;1,3,8H,2,5-6H2;2*1H;/q;;;;+2/p-2. The summed E-state index contributed by atoms with van der Waals surface area (Å²) in [5.41, 5.74) is 4.74. The van der Waals surface area contributed by atoms with E-state index in [0.717, 1.165) is 12.2 Å². The van der Waals surface area contributed by atoms with Crippen LogP contribution in [0, 0.1) is 5.41 Å². The van der Waals surface area contributed by atoms with Crippen molar-refractivity contribution in [2.75, 3.05) is 13.2 Å². The summed E-state index contributed by atoms with van der Waals surface area (Å²) in [4.78, 5) is 0. The van der Waals surface area contributed by atoms with Gasteiger partial charge in [-0.15, -0.1) is 0 Å². The Morgan fingerprint density at radius 3 is 2.32 bits per heavy atom. The summed E-state index contributed by atoms with van der Waals surface area (Å²) in [6.45, 7) is 12.0. The minimum Gasteiger partial charge on any atom is -1.00 e. The van der Waals surface area contributed by atoms with Crippen LogP contribution in [-0.2, 0) is 28.0 Å². The Morgan fingerprint density at radius 2 is 1.82 bits per heavy atom. The Labute approximate surface area is 158 Å². The molecule has 122 valence electrons. The molecule has 0 bridgehead atoms. The maximum atomic E-state index is 8.92. The largest absolute Gasteiger partial charge is 1.00 e. The summed E-state index contributed by atoms with van der Waals surface area (Å²) in [6.07, 6.45) is 5.31. The van der Waals surface area contributed by atoms with Gasteiger partial charge in [0.05, 0.1) is 0 Å². The van der Waals surface area contributed by atoms with Gasteiger partial charge in [-0.3, -0.25) is 0 Å². The number of allylic oxidation sites excluding steroid dienone is 7. The zero-order valence-electron chi connectivity index (χ0n) is 13.9. The van der Waals surface area contributed by atoms with Crippen molar-refractivity contribution in [2.45, 2.75) is 41.0 Å². The molecule has 0 aliphatic heterocycles. The van der Waals surface area contributed by atoms with Crippen molar-refractivity contribution in [3.8, 4) is 0 Å². The molecular formula is C17H24Cl2O2Zr. The minimum absolute atomic E-state index is 0. The molecule has 1 N–H and O–H groups in total. The monoisotopic (exact) mass is 420 g/mol. The molecule has 0 fully saturated rings. The van der Waals surface area contributed by atoms with Crippen molar-refractivity contribution in [1.82, 2.24) is 0 Å². The van der Waals surface area contributed by atoms with E-state index in [4.69, 9.17) is 9.84 Å². The van der Waals surface area contributed by atoms with E-state index in [9.17, 15) is 0 Å². The quantitative estimate of drug-likeness (QED) is 0.551. The predicted octanol–water partition coefficient (Wildman–Crippen LogP) is -2.09. The third-order valence-electron chi connectivity index (χ3n) is 4.58. The van der Waals surface area contributed by atoms with Crippen LogP contribution in [0.15, 0.2) is 41.2 Å². The van der Waals surface area contributed by atoms with Gasteiger partial charge in [0, 0.05) is 0 Å². The predicted molar refractivity (Wildman–Crippen MR) is 78.7 cm³/mol. The maximum Gasteiger partial charge on any atom is -1.00 e. The summed E-state index contributed by atoms with van der Waals surface area (Å²) in [6, 6.07) is 0. The fourth-order valence-corrected chi connectivity index (χ4v) is 7.00. The number of aliphatic hydroxyl groups is 1. The average molecular weight is 423 g/mol. The van der Waals surface area contributed by atoms with E-state index >= 15 is 0 Å². The van der Waals surface area contributed by atoms with Crippen LogP contribution in [0.1, 0.15) is 41.0 Å². The third-order valence-corrected chi connectivity index (χ3v) is 9.50. The molecule has 2 rings (SSSR count). The molecule has 0 amide bonds. The summed E-state index contributed by atoms with van der Waals surface area (Å²) >= 11 is -0.803. The smallest absolute Gasteiger partial charge is 1.00 e. The van der Waals surface area contributed by atoms with E-state index in [0.29, 0.717) is 6.61 Å².